The van der Waals surface area contributed by atoms with E-state index in [0.29, 0.717) is 6.07 Å². The Hall–Kier alpha value is -1.55. The maximum absolute atomic E-state index is 12.8. The lowest BCUT2D eigenvalue weighted by atomic mass is 9.98. The predicted octanol–water partition coefficient (Wildman–Crippen LogP) is 3.16. The molecule has 18 heavy (non-hydrogen) atoms. The van der Waals surface area contributed by atoms with E-state index in [2.05, 4.69) is 15.9 Å². The SMILES string of the molecule is COc1cc(C(=O)CBr)c(C#N)c(C(F)(F)F)c1. The van der Waals surface area contributed by atoms with Gasteiger partial charge in [-0.2, -0.15) is 18.4 Å². The number of ether oxygens (including phenoxy) is 1. The van der Waals surface area contributed by atoms with Gasteiger partial charge in [0.2, 0.25) is 0 Å². The fraction of sp³-hybridized carbons (Fsp3) is 0.273. The minimum Gasteiger partial charge on any atom is -0.497 e. The maximum atomic E-state index is 12.8. The molecule has 0 amide bonds. The van der Waals surface area contributed by atoms with E-state index in [-0.39, 0.29) is 16.6 Å². The van der Waals surface area contributed by atoms with Crippen molar-refractivity contribution in [1.29, 1.82) is 5.26 Å². The monoisotopic (exact) mass is 321 g/mol. The summed E-state index contributed by atoms with van der Waals surface area (Å²) in [5.74, 6) is -0.735. The molecule has 0 saturated heterocycles. The van der Waals surface area contributed by atoms with Gasteiger partial charge in [0.1, 0.15) is 11.8 Å². The molecule has 1 aromatic carbocycles. The highest BCUT2D eigenvalue weighted by Crippen LogP contribution is 2.36. The standard InChI is InChI=1S/C11H7BrF3NO2/c1-18-6-2-7(10(17)4-12)8(5-16)9(3-6)11(13,14)15/h2-3H,4H2,1H3. The zero-order valence-electron chi connectivity index (χ0n) is 9.14. The zero-order valence-corrected chi connectivity index (χ0v) is 10.7. The number of hydrogen-bond acceptors (Lipinski definition) is 3. The minimum atomic E-state index is -4.72. The average molecular weight is 322 g/mol. The number of halogens is 4. The Morgan fingerprint density at radius 1 is 1.50 bits per heavy atom. The van der Waals surface area contributed by atoms with E-state index in [0.717, 1.165) is 6.07 Å². The molecule has 0 fully saturated rings. The van der Waals surface area contributed by atoms with E-state index >= 15 is 0 Å². The van der Waals surface area contributed by atoms with Gasteiger partial charge in [0.15, 0.2) is 5.78 Å². The van der Waals surface area contributed by atoms with Crippen LogP contribution in [0.2, 0.25) is 0 Å². The number of carbonyl (C=O) groups is 1. The van der Waals surface area contributed by atoms with Crippen molar-refractivity contribution in [2.75, 3.05) is 12.4 Å². The number of benzene rings is 1. The van der Waals surface area contributed by atoms with Crippen molar-refractivity contribution in [3.05, 3.63) is 28.8 Å². The lowest BCUT2D eigenvalue weighted by Crippen LogP contribution is -2.13. The van der Waals surface area contributed by atoms with Gasteiger partial charge in [-0.05, 0) is 12.1 Å². The second-order valence-corrected chi connectivity index (χ2v) is 3.82. The Bertz CT molecular complexity index is 520. The van der Waals surface area contributed by atoms with Gasteiger partial charge in [-0.1, -0.05) is 15.9 Å². The summed E-state index contributed by atoms with van der Waals surface area (Å²) in [6, 6.07) is 3.24. The van der Waals surface area contributed by atoms with Crippen LogP contribution in [0, 0.1) is 11.3 Å². The van der Waals surface area contributed by atoms with Gasteiger partial charge in [0, 0.05) is 5.56 Å². The van der Waals surface area contributed by atoms with Crippen molar-refractivity contribution in [3.8, 4) is 11.8 Å². The molecule has 0 saturated carbocycles. The van der Waals surface area contributed by atoms with Gasteiger partial charge >= 0.3 is 6.18 Å². The molecule has 1 rings (SSSR count). The third kappa shape index (κ3) is 2.82. The third-order valence-electron chi connectivity index (χ3n) is 2.19. The summed E-state index contributed by atoms with van der Waals surface area (Å²) < 4.78 is 43.0. The van der Waals surface area contributed by atoms with Gasteiger partial charge in [0.05, 0.1) is 23.6 Å². The number of alkyl halides is 4. The largest absolute Gasteiger partial charge is 0.497 e. The highest BCUT2D eigenvalue weighted by molar-refractivity contribution is 9.09. The van der Waals surface area contributed by atoms with Crippen molar-refractivity contribution < 1.29 is 22.7 Å². The van der Waals surface area contributed by atoms with Crippen LogP contribution in [-0.2, 0) is 6.18 Å². The Labute approximate surface area is 109 Å². The quantitative estimate of drug-likeness (QED) is 0.634. The summed E-state index contributed by atoms with van der Waals surface area (Å²) in [7, 11) is 1.18. The second-order valence-electron chi connectivity index (χ2n) is 3.26. The molecule has 0 bridgehead atoms. The van der Waals surface area contributed by atoms with Gasteiger partial charge in [-0.3, -0.25) is 4.79 Å². The van der Waals surface area contributed by atoms with Crippen molar-refractivity contribution >= 4 is 21.7 Å². The van der Waals surface area contributed by atoms with Crippen molar-refractivity contribution in [2.45, 2.75) is 6.18 Å². The Kier molecular flexibility index (Phi) is 4.35. The Balaban J connectivity index is 3.62. The minimum absolute atomic E-state index is 0.120. The van der Waals surface area contributed by atoms with Crippen LogP contribution >= 0.6 is 15.9 Å². The van der Waals surface area contributed by atoms with Crippen molar-refractivity contribution in [3.63, 3.8) is 0 Å². The lowest BCUT2D eigenvalue weighted by molar-refractivity contribution is -0.137. The third-order valence-corrected chi connectivity index (χ3v) is 2.70. The Morgan fingerprint density at radius 2 is 2.11 bits per heavy atom. The maximum Gasteiger partial charge on any atom is 0.417 e. The van der Waals surface area contributed by atoms with E-state index in [1.54, 1.807) is 0 Å². The smallest absolute Gasteiger partial charge is 0.417 e. The first kappa shape index (κ1) is 14.5. The molecule has 0 aliphatic heterocycles. The van der Waals surface area contributed by atoms with Crippen LogP contribution in [-0.4, -0.2) is 18.2 Å². The van der Waals surface area contributed by atoms with E-state index in [1.165, 1.54) is 13.2 Å². The first-order valence-electron chi connectivity index (χ1n) is 4.63. The summed E-state index contributed by atoms with van der Waals surface area (Å²) in [6.07, 6.45) is -4.72. The predicted molar refractivity (Wildman–Crippen MR) is 60.8 cm³/mol. The van der Waals surface area contributed by atoms with Crippen LogP contribution in [0.3, 0.4) is 0 Å². The second kappa shape index (κ2) is 5.40. The lowest BCUT2D eigenvalue weighted by Gasteiger charge is -2.13. The van der Waals surface area contributed by atoms with Crippen LogP contribution in [0.4, 0.5) is 13.2 Å². The van der Waals surface area contributed by atoms with Gasteiger partial charge < -0.3 is 4.74 Å². The first-order chi connectivity index (χ1) is 8.35. The highest BCUT2D eigenvalue weighted by atomic mass is 79.9. The highest BCUT2D eigenvalue weighted by Gasteiger charge is 2.36. The average Bonchev–Trinajstić information content (AvgIpc) is 2.34. The normalized spacial score (nSPS) is 10.9. The van der Waals surface area contributed by atoms with Crippen LogP contribution in [0.5, 0.6) is 5.75 Å². The number of carbonyl (C=O) groups excluding carboxylic acids is 1. The number of rotatable bonds is 3. The summed E-state index contributed by atoms with van der Waals surface area (Å²) >= 11 is 2.86. The van der Waals surface area contributed by atoms with E-state index in [1.807, 2.05) is 0 Å². The summed E-state index contributed by atoms with van der Waals surface area (Å²) in [5, 5.41) is 8.64. The molecule has 0 unspecified atom stereocenters. The van der Waals surface area contributed by atoms with Crippen LogP contribution < -0.4 is 4.74 Å². The van der Waals surface area contributed by atoms with Crippen molar-refractivity contribution in [2.24, 2.45) is 0 Å². The fourth-order valence-corrected chi connectivity index (χ4v) is 1.67. The first-order valence-corrected chi connectivity index (χ1v) is 5.75. The zero-order chi connectivity index (χ0) is 13.9. The molecule has 7 heteroatoms. The van der Waals surface area contributed by atoms with Gasteiger partial charge in [-0.25, -0.2) is 0 Å². The van der Waals surface area contributed by atoms with E-state index < -0.39 is 23.1 Å². The molecule has 0 aliphatic carbocycles. The molecule has 0 spiro atoms. The molecule has 0 atom stereocenters. The summed E-state index contributed by atoms with van der Waals surface area (Å²) in [5.41, 5.74) is -2.16. The van der Waals surface area contributed by atoms with Crippen molar-refractivity contribution in [1.82, 2.24) is 0 Å². The number of nitriles is 1. The van der Waals surface area contributed by atoms with E-state index in [9.17, 15) is 18.0 Å². The Morgan fingerprint density at radius 3 is 2.50 bits per heavy atom. The van der Waals surface area contributed by atoms with E-state index in [4.69, 9.17) is 10.00 Å². The topological polar surface area (TPSA) is 50.1 Å². The van der Waals surface area contributed by atoms with Gasteiger partial charge in [-0.15, -0.1) is 0 Å². The molecular weight excluding hydrogens is 315 g/mol. The molecular formula is C11H7BrF3NO2. The van der Waals surface area contributed by atoms with Crippen LogP contribution in [0.1, 0.15) is 21.5 Å². The number of nitrogens with zero attached hydrogens (tertiary/aromatic N) is 1. The number of Topliss-reactive ketones (excluding diaryl/α,β-unsaturated/α-hetero) is 1. The summed E-state index contributed by atoms with van der Waals surface area (Å²) in [6.45, 7) is 0. The molecule has 0 radical (unpaired) electrons. The number of methoxy groups -OCH3 is 1. The van der Waals surface area contributed by atoms with Gasteiger partial charge in [0.25, 0.3) is 0 Å². The molecule has 1 aromatic rings. The molecule has 0 aliphatic rings. The molecule has 3 nitrogen and oxygen atoms in total. The molecule has 0 aromatic heterocycles. The molecule has 96 valence electrons. The molecule has 0 N–H and O–H groups in total. The number of hydrogen-bond donors (Lipinski definition) is 0. The molecule has 0 heterocycles. The van der Waals surface area contributed by atoms with Crippen LogP contribution in [0.15, 0.2) is 12.1 Å². The summed E-state index contributed by atoms with van der Waals surface area (Å²) in [4.78, 5) is 11.5. The number of ketones is 1. The fourth-order valence-electron chi connectivity index (χ4n) is 1.37. The van der Waals surface area contributed by atoms with Crippen LogP contribution in [0.25, 0.3) is 0 Å².